The summed E-state index contributed by atoms with van der Waals surface area (Å²) in [6, 6.07) is 9.66. The molecule has 5 nitrogen and oxygen atoms in total. The standard InChI is InChI=1S/C11H9ClN4O/c12-10-9(7-14-16-11(10)17)15-13-6-8-4-2-1-3-5-8/h1-5,7H,6H2,(H,16,17). The van der Waals surface area contributed by atoms with Crippen LogP contribution in [0.2, 0.25) is 5.02 Å². The van der Waals surface area contributed by atoms with Crippen molar-refractivity contribution in [3.8, 4) is 0 Å². The number of benzene rings is 1. The van der Waals surface area contributed by atoms with E-state index >= 15 is 0 Å². The van der Waals surface area contributed by atoms with Gasteiger partial charge >= 0.3 is 0 Å². The van der Waals surface area contributed by atoms with Gasteiger partial charge in [-0.05, 0) is 5.56 Å². The van der Waals surface area contributed by atoms with Crippen molar-refractivity contribution in [3.63, 3.8) is 0 Å². The molecule has 0 unspecified atom stereocenters. The fourth-order valence-corrected chi connectivity index (χ4v) is 1.35. The largest absolute Gasteiger partial charge is 0.285 e. The first kappa shape index (κ1) is 11.5. The Balaban J connectivity index is 2.11. The number of H-pyrrole nitrogens is 1. The van der Waals surface area contributed by atoms with Crippen LogP contribution in [0.5, 0.6) is 0 Å². The smallest absolute Gasteiger partial charge is 0.266 e. The summed E-state index contributed by atoms with van der Waals surface area (Å²) in [6.07, 6.45) is 1.36. The highest BCUT2D eigenvalue weighted by Gasteiger charge is 2.02. The third kappa shape index (κ3) is 2.98. The lowest BCUT2D eigenvalue weighted by Gasteiger charge is -1.95. The first-order valence-corrected chi connectivity index (χ1v) is 5.30. The number of hydrogen-bond donors (Lipinski definition) is 1. The maximum absolute atomic E-state index is 11.1. The Kier molecular flexibility index (Phi) is 3.62. The van der Waals surface area contributed by atoms with Gasteiger partial charge in [0.05, 0.1) is 12.7 Å². The van der Waals surface area contributed by atoms with Crippen LogP contribution in [0.1, 0.15) is 5.56 Å². The van der Waals surface area contributed by atoms with Crippen LogP contribution in [0.4, 0.5) is 5.69 Å². The summed E-state index contributed by atoms with van der Waals surface area (Å²) in [4.78, 5) is 11.1. The highest BCUT2D eigenvalue weighted by molar-refractivity contribution is 6.32. The van der Waals surface area contributed by atoms with Gasteiger partial charge < -0.3 is 0 Å². The Morgan fingerprint density at radius 2 is 2.06 bits per heavy atom. The number of halogens is 1. The monoisotopic (exact) mass is 248 g/mol. The Bertz CT molecular complexity index is 580. The van der Waals surface area contributed by atoms with E-state index in [4.69, 9.17) is 11.6 Å². The topological polar surface area (TPSA) is 70.5 Å². The molecule has 17 heavy (non-hydrogen) atoms. The molecule has 1 N–H and O–H groups in total. The molecule has 6 heteroatoms. The van der Waals surface area contributed by atoms with Crippen molar-refractivity contribution in [2.24, 2.45) is 10.2 Å². The van der Waals surface area contributed by atoms with Crippen molar-refractivity contribution in [1.82, 2.24) is 10.2 Å². The molecule has 2 aromatic rings. The van der Waals surface area contributed by atoms with E-state index in [0.717, 1.165) is 5.56 Å². The number of rotatable bonds is 3. The Morgan fingerprint density at radius 1 is 1.29 bits per heavy atom. The summed E-state index contributed by atoms with van der Waals surface area (Å²) in [5.74, 6) is 0. The number of aromatic amines is 1. The molecular formula is C11H9ClN4O. The number of azo groups is 1. The van der Waals surface area contributed by atoms with E-state index in [1.54, 1.807) is 0 Å². The van der Waals surface area contributed by atoms with Crippen LogP contribution < -0.4 is 5.56 Å². The van der Waals surface area contributed by atoms with Crippen molar-refractivity contribution >= 4 is 17.3 Å². The molecule has 1 heterocycles. The molecule has 0 saturated carbocycles. The summed E-state index contributed by atoms with van der Waals surface area (Å²) in [6.45, 7) is 0.434. The van der Waals surface area contributed by atoms with E-state index in [1.165, 1.54) is 6.20 Å². The number of nitrogens with zero attached hydrogens (tertiary/aromatic N) is 3. The van der Waals surface area contributed by atoms with Crippen molar-refractivity contribution in [2.75, 3.05) is 0 Å². The molecule has 2 rings (SSSR count). The quantitative estimate of drug-likeness (QED) is 0.849. The summed E-state index contributed by atoms with van der Waals surface area (Å²) in [5, 5.41) is 13.6. The van der Waals surface area contributed by atoms with Crippen LogP contribution in [-0.4, -0.2) is 10.2 Å². The van der Waals surface area contributed by atoms with Gasteiger partial charge in [0.2, 0.25) is 0 Å². The van der Waals surface area contributed by atoms with Crippen LogP contribution in [-0.2, 0) is 6.54 Å². The van der Waals surface area contributed by atoms with Crippen LogP contribution in [0.15, 0.2) is 51.6 Å². The van der Waals surface area contributed by atoms with Crippen LogP contribution >= 0.6 is 11.6 Å². The van der Waals surface area contributed by atoms with Gasteiger partial charge in [0.1, 0.15) is 10.7 Å². The minimum absolute atomic E-state index is 0.00295. The second-order valence-corrected chi connectivity index (χ2v) is 3.66. The third-order valence-electron chi connectivity index (χ3n) is 2.05. The van der Waals surface area contributed by atoms with Gasteiger partial charge in [-0.1, -0.05) is 41.9 Å². The van der Waals surface area contributed by atoms with E-state index < -0.39 is 5.56 Å². The normalized spacial score (nSPS) is 10.9. The van der Waals surface area contributed by atoms with Gasteiger partial charge in [0.25, 0.3) is 5.56 Å². The molecule has 86 valence electrons. The molecule has 0 aliphatic rings. The number of hydrogen-bond acceptors (Lipinski definition) is 4. The van der Waals surface area contributed by atoms with Crippen molar-refractivity contribution in [1.29, 1.82) is 0 Å². The fourth-order valence-electron chi connectivity index (χ4n) is 1.22. The van der Waals surface area contributed by atoms with E-state index in [0.29, 0.717) is 6.54 Å². The molecule has 0 spiro atoms. The Hall–Kier alpha value is -2.01. The van der Waals surface area contributed by atoms with E-state index in [1.807, 2.05) is 30.3 Å². The van der Waals surface area contributed by atoms with Crippen LogP contribution in [0.25, 0.3) is 0 Å². The van der Waals surface area contributed by atoms with Gasteiger partial charge in [-0.3, -0.25) is 4.79 Å². The van der Waals surface area contributed by atoms with Crippen LogP contribution in [0.3, 0.4) is 0 Å². The van der Waals surface area contributed by atoms with Gasteiger partial charge in [-0.15, -0.1) is 0 Å². The van der Waals surface area contributed by atoms with Gasteiger partial charge in [-0.25, -0.2) is 5.10 Å². The second kappa shape index (κ2) is 5.36. The molecule has 1 aromatic heterocycles. The first-order valence-electron chi connectivity index (χ1n) is 4.92. The van der Waals surface area contributed by atoms with E-state index in [2.05, 4.69) is 20.4 Å². The van der Waals surface area contributed by atoms with Crippen molar-refractivity contribution in [2.45, 2.75) is 6.54 Å². The second-order valence-electron chi connectivity index (χ2n) is 3.28. The minimum atomic E-state index is -0.470. The zero-order valence-corrected chi connectivity index (χ0v) is 9.55. The lowest BCUT2D eigenvalue weighted by Crippen LogP contribution is -2.06. The number of aromatic nitrogens is 2. The molecule has 0 atom stereocenters. The molecule has 0 fully saturated rings. The van der Waals surface area contributed by atoms with Gasteiger partial charge in [0.15, 0.2) is 0 Å². The number of nitrogens with one attached hydrogen (secondary N) is 1. The average molecular weight is 249 g/mol. The lowest BCUT2D eigenvalue weighted by molar-refractivity contribution is 0.935. The molecular weight excluding hydrogens is 240 g/mol. The molecule has 0 bridgehead atoms. The molecule has 0 aliphatic carbocycles. The summed E-state index contributed by atoms with van der Waals surface area (Å²) in [7, 11) is 0. The van der Waals surface area contributed by atoms with E-state index in [-0.39, 0.29) is 10.7 Å². The summed E-state index contributed by atoms with van der Waals surface area (Å²) in [5.41, 5.74) is 0.833. The Morgan fingerprint density at radius 3 is 2.82 bits per heavy atom. The maximum Gasteiger partial charge on any atom is 0.285 e. The molecule has 0 saturated heterocycles. The molecule has 0 aliphatic heterocycles. The van der Waals surface area contributed by atoms with Crippen LogP contribution in [0, 0.1) is 0 Å². The van der Waals surface area contributed by atoms with Gasteiger partial charge in [-0.2, -0.15) is 15.3 Å². The lowest BCUT2D eigenvalue weighted by atomic mass is 10.2. The highest BCUT2D eigenvalue weighted by Crippen LogP contribution is 2.18. The zero-order valence-electron chi connectivity index (χ0n) is 8.80. The SMILES string of the molecule is O=c1[nH]ncc(N=NCc2ccccc2)c1Cl. The molecule has 0 radical (unpaired) electrons. The highest BCUT2D eigenvalue weighted by atomic mass is 35.5. The van der Waals surface area contributed by atoms with Crippen molar-refractivity contribution < 1.29 is 0 Å². The van der Waals surface area contributed by atoms with E-state index in [9.17, 15) is 4.79 Å². The summed E-state index contributed by atoms with van der Waals surface area (Å²) < 4.78 is 0. The maximum atomic E-state index is 11.1. The third-order valence-corrected chi connectivity index (χ3v) is 2.42. The fraction of sp³-hybridized carbons (Fsp3) is 0.0909. The average Bonchev–Trinajstić information content (AvgIpc) is 2.36. The minimum Gasteiger partial charge on any atom is -0.266 e. The summed E-state index contributed by atoms with van der Waals surface area (Å²) >= 11 is 5.74. The first-order chi connectivity index (χ1) is 8.27. The van der Waals surface area contributed by atoms with Crippen molar-refractivity contribution in [3.05, 3.63) is 57.5 Å². The predicted octanol–water partition coefficient (Wildman–Crippen LogP) is 2.71. The molecule has 0 amide bonds. The predicted molar refractivity (Wildman–Crippen MR) is 64.5 cm³/mol. The molecule has 1 aromatic carbocycles. The zero-order chi connectivity index (χ0) is 12.1. The Labute approximate surface area is 102 Å². The van der Waals surface area contributed by atoms with Gasteiger partial charge in [0, 0.05) is 0 Å².